The lowest BCUT2D eigenvalue weighted by Gasteiger charge is -2.14. The van der Waals surface area contributed by atoms with E-state index in [0.29, 0.717) is 31.5 Å². The minimum Gasteiger partial charge on any atom is -0.506 e. The molecule has 1 aromatic rings. The first-order valence-corrected chi connectivity index (χ1v) is 7.14. The van der Waals surface area contributed by atoms with Crippen LogP contribution in [0, 0.1) is 5.82 Å². The molecular weight excluding hydrogens is 299 g/mol. The van der Waals surface area contributed by atoms with E-state index >= 15 is 0 Å². The zero-order valence-electron chi connectivity index (χ0n) is 11.7. The Bertz CT molecular complexity index is 539. The Labute approximate surface area is 127 Å². The van der Waals surface area contributed by atoms with Crippen molar-refractivity contribution in [3.8, 4) is 11.5 Å². The third-order valence-corrected chi connectivity index (χ3v) is 3.85. The minimum absolute atomic E-state index is 0.0693. The molecule has 0 aliphatic carbocycles. The van der Waals surface area contributed by atoms with Gasteiger partial charge in [0.15, 0.2) is 5.82 Å². The molecule has 5 nitrogen and oxygen atoms in total. The number of phenols is 1. The van der Waals surface area contributed by atoms with Gasteiger partial charge in [-0.25, -0.2) is 4.39 Å². The van der Waals surface area contributed by atoms with Crippen molar-refractivity contribution in [2.75, 3.05) is 20.2 Å². The zero-order valence-corrected chi connectivity index (χ0v) is 12.5. The first-order valence-electron chi connectivity index (χ1n) is 6.76. The predicted octanol–water partition coefficient (Wildman–Crippen LogP) is 1.60. The number of carbonyl (C=O) groups is 1. The molecule has 0 bridgehead atoms. The van der Waals surface area contributed by atoms with Gasteiger partial charge in [-0.1, -0.05) is 11.6 Å². The highest BCUT2D eigenvalue weighted by Crippen LogP contribution is 2.35. The number of rotatable bonds is 6. The molecule has 0 aromatic heterocycles. The highest BCUT2D eigenvalue weighted by atomic mass is 35.5. The van der Waals surface area contributed by atoms with Crippen molar-refractivity contribution < 1.29 is 19.0 Å². The van der Waals surface area contributed by atoms with Gasteiger partial charge in [0.1, 0.15) is 16.5 Å². The van der Waals surface area contributed by atoms with Crippen LogP contribution in [0.15, 0.2) is 6.07 Å². The second kappa shape index (κ2) is 6.95. The van der Waals surface area contributed by atoms with Gasteiger partial charge < -0.3 is 20.5 Å². The van der Waals surface area contributed by atoms with E-state index in [1.807, 2.05) is 0 Å². The van der Waals surface area contributed by atoms with Crippen molar-refractivity contribution in [2.24, 2.45) is 0 Å². The number of carbonyl (C=O) groups excluding carboxylic acids is 1. The Kier molecular flexibility index (Phi) is 5.25. The van der Waals surface area contributed by atoms with Crippen LogP contribution in [0.1, 0.15) is 18.4 Å². The van der Waals surface area contributed by atoms with Gasteiger partial charge >= 0.3 is 0 Å². The van der Waals surface area contributed by atoms with Gasteiger partial charge in [0.25, 0.3) is 0 Å². The summed E-state index contributed by atoms with van der Waals surface area (Å²) in [7, 11) is 1.41. The maximum Gasteiger partial charge on any atom is 0.220 e. The molecule has 21 heavy (non-hydrogen) atoms. The molecule has 116 valence electrons. The van der Waals surface area contributed by atoms with Crippen LogP contribution < -0.4 is 15.4 Å². The number of hydrogen-bond donors (Lipinski definition) is 3. The van der Waals surface area contributed by atoms with Crippen LogP contribution in [0.5, 0.6) is 11.5 Å². The van der Waals surface area contributed by atoms with E-state index in [-0.39, 0.29) is 28.5 Å². The van der Waals surface area contributed by atoms with E-state index in [1.165, 1.54) is 13.2 Å². The van der Waals surface area contributed by atoms with Crippen molar-refractivity contribution in [2.45, 2.75) is 25.3 Å². The fourth-order valence-corrected chi connectivity index (χ4v) is 2.53. The number of benzene rings is 1. The molecule has 1 aliphatic rings. The number of phenolic OH excluding ortho intramolecular Hbond substituents is 1. The van der Waals surface area contributed by atoms with Crippen LogP contribution in [0.2, 0.25) is 5.02 Å². The Morgan fingerprint density at radius 2 is 2.38 bits per heavy atom. The molecule has 1 amide bonds. The molecule has 0 saturated carbocycles. The summed E-state index contributed by atoms with van der Waals surface area (Å²) in [6.45, 7) is 1.16. The van der Waals surface area contributed by atoms with Crippen LogP contribution in [0.25, 0.3) is 0 Å². The largest absolute Gasteiger partial charge is 0.506 e. The summed E-state index contributed by atoms with van der Waals surface area (Å²) in [6.07, 6.45) is 1.74. The third-order valence-electron chi connectivity index (χ3n) is 3.50. The van der Waals surface area contributed by atoms with E-state index in [1.54, 1.807) is 0 Å². The van der Waals surface area contributed by atoms with Crippen LogP contribution in [0.3, 0.4) is 0 Å². The Morgan fingerprint density at radius 1 is 1.62 bits per heavy atom. The molecular formula is C14H18ClFN2O3. The van der Waals surface area contributed by atoms with Crippen LogP contribution >= 0.6 is 11.6 Å². The number of amides is 1. The molecule has 7 heteroatoms. The van der Waals surface area contributed by atoms with Gasteiger partial charge in [0.05, 0.1) is 7.11 Å². The molecule has 1 fully saturated rings. The number of nitrogens with one attached hydrogen (secondary N) is 2. The summed E-state index contributed by atoms with van der Waals surface area (Å²) in [5, 5.41) is 15.2. The number of ether oxygens (including phenoxy) is 1. The lowest BCUT2D eigenvalue weighted by Crippen LogP contribution is -2.36. The first kappa shape index (κ1) is 15.9. The van der Waals surface area contributed by atoms with Gasteiger partial charge in [-0.15, -0.1) is 0 Å². The van der Waals surface area contributed by atoms with E-state index in [2.05, 4.69) is 10.6 Å². The summed E-state index contributed by atoms with van der Waals surface area (Å²) in [4.78, 5) is 11.1. The highest BCUT2D eigenvalue weighted by molar-refractivity contribution is 6.32. The number of methoxy groups -OCH3 is 1. The van der Waals surface area contributed by atoms with Gasteiger partial charge in [-0.05, 0) is 19.4 Å². The molecule has 1 atom stereocenters. The van der Waals surface area contributed by atoms with Crippen LogP contribution in [0.4, 0.5) is 4.39 Å². The first-order chi connectivity index (χ1) is 10.0. The third kappa shape index (κ3) is 3.77. The molecule has 0 radical (unpaired) electrons. The monoisotopic (exact) mass is 316 g/mol. The van der Waals surface area contributed by atoms with Gasteiger partial charge in [-0.3, -0.25) is 4.79 Å². The Morgan fingerprint density at radius 3 is 3.00 bits per heavy atom. The maximum absolute atomic E-state index is 14.0. The fraction of sp³-hybridized carbons (Fsp3) is 0.500. The normalized spacial score (nSPS) is 17.9. The average Bonchev–Trinajstić information content (AvgIpc) is 2.88. The summed E-state index contributed by atoms with van der Waals surface area (Å²) in [5.74, 6) is -0.661. The Hall–Kier alpha value is -1.53. The van der Waals surface area contributed by atoms with E-state index in [0.717, 1.165) is 6.42 Å². The van der Waals surface area contributed by atoms with E-state index < -0.39 is 5.82 Å². The second-order valence-electron chi connectivity index (χ2n) is 4.96. The molecule has 1 unspecified atom stereocenters. The molecule has 3 N–H and O–H groups in total. The van der Waals surface area contributed by atoms with Gasteiger partial charge in [0, 0.05) is 30.6 Å². The van der Waals surface area contributed by atoms with Crippen molar-refractivity contribution in [1.82, 2.24) is 10.6 Å². The molecule has 1 saturated heterocycles. The van der Waals surface area contributed by atoms with Crippen molar-refractivity contribution in [1.29, 1.82) is 0 Å². The lowest BCUT2D eigenvalue weighted by atomic mass is 10.1. The minimum atomic E-state index is -0.663. The van der Waals surface area contributed by atoms with Crippen LogP contribution in [-0.4, -0.2) is 37.3 Å². The van der Waals surface area contributed by atoms with Gasteiger partial charge in [0.2, 0.25) is 5.91 Å². The summed E-state index contributed by atoms with van der Waals surface area (Å²) >= 11 is 5.70. The number of aromatic hydroxyl groups is 1. The summed E-state index contributed by atoms with van der Waals surface area (Å²) in [6, 6.07) is 1.44. The summed E-state index contributed by atoms with van der Waals surface area (Å²) < 4.78 is 19.1. The lowest BCUT2D eigenvalue weighted by molar-refractivity contribution is -0.119. The number of hydrogen-bond acceptors (Lipinski definition) is 4. The highest BCUT2D eigenvalue weighted by Gasteiger charge is 2.20. The average molecular weight is 317 g/mol. The summed E-state index contributed by atoms with van der Waals surface area (Å²) in [5.41, 5.74) is 0.322. The fourth-order valence-electron chi connectivity index (χ4n) is 2.36. The molecule has 0 spiro atoms. The smallest absolute Gasteiger partial charge is 0.220 e. The second-order valence-corrected chi connectivity index (χ2v) is 5.34. The molecule has 1 heterocycles. The van der Waals surface area contributed by atoms with E-state index in [4.69, 9.17) is 16.3 Å². The maximum atomic E-state index is 14.0. The topological polar surface area (TPSA) is 70.6 Å². The zero-order chi connectivity index (χ0) is 15.4. The molecule has 2 rings (SSSR count). The van der Waals surface area contributed by atoms with Gasteiger partial charge in [-0.2, -0.15) is 0 Å². The standard InChI is InChI=1S/C14H18ClFN2O3/c1-21-11-6-10(19)13(15)14(16)9(11)4-5-17-7-8-2-3-12(20)18-8/h6,8,17,19H,2-5,7H2,1H3,(H,18,20). The predicted molar refractivity (Wildman–Crippen MR) is 77.4 cm³/mol. The van der Waals surface area contributed by atoms with Crippen LogP contribution in [-0.2, 0) is 11.2 Å². The van der Waals surface area contributed by atoms with Crippen molar-refractivity contribution in [3.05, 3.63) is 22.5 Å². The molecule has 1 aliphatic heterocycles. The number of halogens is 2. The van der Waals surface area contributed by atoms with E-state index in [9.17, 15) is 14.3 Å². The SMILES string of the molecule is COc1cc(O)c(Cl)c(F)c1CCNCC1CCC(=O)N1. The van der Waals surface area contributed by atoms with Crippen molar-refractivity contribution >= 4 is 17.5 Å². The molecule has 1 aromatic carbocycles. The Balaban J connectivity index is 1.90. The quantitative estimate of drug-likeness (QED) is 0.697. The van der Waals surface area contributed by atoms with Crippen molar-refractivity contribution in [3.63, 3.8) is 0 Å².